The predicted molar refractivity (Wildman–Crippen MR) is 117 cm³/mol. The number of carbonyl (C=O) groups is 1. The third kappa shape index (κ3) is 4.84. The van der Waals surface area contributed by atoms with Crippen LogP contribution in [0.3, 0.4) is 0 Å². The number of para-hydroxylation sites is 1. The zero-order valence-corrected chi connectivity index (χ0v) is 17.7. The van der Waals surface area contributed by atoms with Crippen molar-refractivity contribution in [1.82, 2.24) is 25.2 Å². The predicted octanol–water partition coefficient (Wildman–Crippen LogP) is 3.92. The number of methoxy groups -OCH3 is 1. The van der Waals surface area contributed by atoms with Crippen LogP contribution >= 0.6 is 23.1 Å². The lowest BCUT2D eigenvalue weighted by Crippen LogP contribution is -2.12. The van der Waals surface area contributed by atoms with Gasteiger partial charge in [0.2, 0.25) is 11.1 Å². The van der Waals surface area contributed by atoms with Crippen molar-refractivity contribution in [2.75, 3.05) is 18.2 Å². The average Bonchev–Trinajstić information content (AvgIpc) is 3.44. The number of thiazole rings is 1. The summed E-state index contributed by atoms with van der Waals surface area (Å²) >= 11 is 2.82. The number of tetrazole rings is 1. The number of aromatic nitrogens is 5. The van der Waals surface area contributed by atoms with Gasteiger partial charge in [0, 0.05) is 23.1 Å². The fourth-order valence-electron chi connectivity index (χ4n) is 2.66. The summed E-state index contributed by atoms with van der Waals surface area (Å²) in [6, 6.07) is 17.3. The minimum Gasteiger partial charge on any atom is -0.497 e. The van der Waals surface area contributed by atoms with E-state index in [9.17, 15) is 4.79 Å². The summed E-state index contributed by atoms with van der Waals surface area (Å²) in [5, 5.41) is 17.8. The van der Waals surface area contributed by atoms with Gasteiger partial charge in [0.1, 0.15) is 5.75 Å². The molecule has 0 bridgehead atoms. The van der Waals surface area contributed by atoms with Crippen molar-refractivity contribution in [3.8, 4) is 22.7 Å². The molecule has 0 saturated carbocycles. The standard InChI is InChI=1S/C20H18N6O2S2/c1-28-16-9-5-6-14(12-16)17-13-30-19(21-17)22-18(27)10-11-29-20-23-24-25-26(20)15-7-3-2-4-8-15/h2-9,12-13H,10-11H2,1H3,(H,21,22,27). The number of amides is 1. The van der Waals surface area contributed by atoms with E-state index in [0.717, 1.165) is 22.7 Å². The van der Waals surface area contributed by atoms with Gasteiger partial charge in [-0.25, -0.2) is 4.98 Å². The van der Waals surface area contributed by atoms with Crippen LogP contribution < -0.4 is 10.1 Å². The van der Waals surface area contributed by atoms with Crippen molar-refractivity contribution in [2.24, 2.45) is 0 Å². The topological polar surface area (TPSA) is 94.8 Å². The van der Waals surface area contributed by atoms with E-state index in [1.165, 1.54) is 23.1 Å². The van der Waals surface area contributed by atoms with Crippen molar-refractivity contribution in [1.29, 1.82) is 0 Å². The van der Waals surface area contributed by atoms with Gasteiger partial charge in [-0.05, 0) is 34.7 Å². The summed E-state index contributed by atoms with van der Waals surface area (Å²) in [5.74, 6) is 1.21. The first kappa shape index (κ1) is 20.0. The third-order valence-corrected chi connectivity index (χ3v) is 5.80. The highest BCUT2D eigenvalue weighted by Crippen LogP contribution is 2.27. The quantitative estimate of drug-likeness (QED) is 0.417. The molecule has 0 unspecified atom stereocenters. The molecule has 0 fully saturated rings. The van der Waals surface area contributed by atoms with E-state index in [4.69, 9.17) is 4.74 Å². The maximum absolute atomic E-state index is 12.3. The molecule has 1 amide bonds. The number of carbonyl (C=O) groups excluding carboxylic acids is 1. The fourth-order valence-corrected chi connectivity index (χ4v) is 4.23. The van der Waals surface area contributed by atoms with E-state index in [-0.39, 0.29) is 5.91 Å². The van der Waals surface area contributed by atoms with Crippen LogP contribution in [0, 0.1) is 0 Å². The van der Waals surface area contributed by atoms with E-state index >= 15 is 0 Å². The zero-order valence-electron chi connectivity index (χ0n) is 16.1. The second-order valence-electron chi connectivity index (χ2n) is 6.13. The molecule has 10 heteroatoms. The smallest absolute Gasteiger partial charge is 0.226 e. The Balaban J connectivity index is 1.31. The molecule has 4 rings (SSSR count). The molecule has 30 heavy (non-hydrogen) atoms. The number of ether oxygens (including phenoxy) is 1. The first-order valence-corrected chi connectivity index (χ1v) is 11.0. The van der Waals surface area contributed by atoms with Gasteiger partial charge < -0.3 is 10.1 Å². The lowest BCUT2D eigenvalue weighted by molar-refractivity contribution is -0.115. The number of hydrogen-bond donors (Lipinski definition) is 1. The molecule has 0 saturated heterocycles. The van der Waals surface area contributed by atoms with E-state index in [0.29, 0.717) is 22.5 Å². The van der Waals surface area contributed by atoms with Crippen LogP contribution in [-0.2, 0) is 4.79 Å². The van der Waals surface area contributed by atoms with Crippen LogP contribution in [0.25, 0.3) is 16.9 Å². The second-order valence-corrected chi connectivity index (χ2v) is 8.05. The molecule has 0 aliphatic carbocycles. The Morgan fingerprint density at radius 2 is 2.07 bits per heavy atom. The molecule has 1 N–H and O–H groups in total. The maximum atomic E-state index is 12.3. The Morgan fingerprint density at radius 1 is 1.20 bits per heavy atom. The minimum absolute atomic E-state index is 0.104. The molecule has 0 radical (unpaired) electrons. The summed E-state index contributed by atoms with van der Waals surface area (Å²) in [4.78, 5) is 16.8. The van der Waals surface area contributed by atoms with Crippen LogP contribution in [-0.4, -0.2) is 44.0 Å². The number of benzene rings is 2. The van der Waals surface area contributed by atoms with Crippen molar-refractivity contribution >= 4 is 34.1 Å². The molecule has 2 aromatic carbocycles. The van der Waals surface area contributed by atoms with E-state index in [2.05, 4.69) is 25.8 Å². The number of nitrogens with one attached hydrogen (secondary N) is 1. The SMILES string of the molecule is COc1cccc(-c2csc(NC(=O)CCSc3nnnn3-c3ccccc3)n2)c1. The van der Waals surface area contributed by atoms with Crippen molar-refractivity contribution < 1.29 is 9.53 Å². The number of hydrogen-bond acceptors (Lipinski definition) is 8. The van der Waals surface area contributed by atoms with Crippen molar-refractivity contribution in [3.05, 3.63) is 60.0 Å². The van der Waals surface area contributed by atoms with Crippen LogP contribution in [0.1, 0.15) is 6.42 Å². The van der Waals surface area contributed by atoms with E-state index in [1.54, 1.807) is 11.8 Å². The van der Waals surface area contributed by atoms with Crippen LogP contribution in [0.15, 0.2) is 65.1 Å². The Hall–Kier alpha value is -3.24. The molecule has 2 heterocycles. The largest absolute Gasteiger partial charge is 0.497 e. The van der Waals surface area contributed by atoms with Crippen molar-refractivity contribution in [2.45, 2.75) is 11.6 Å². The van der Waals surface area contributed by atoms with Gasteiger partial charge in [-0.2, -0.15) is 4.68 Å². The Kier molecular flexibility index (Phi) is 6.35. The number of anilines is 1. The maximum Gasteiger partial charge on any atom is 0.226 e. The van der Waals surface area contributed by atoms with Crippen LogP contribution in [0.2, 0.25) is 0 Å². The Labute approximate surface area is 181 Å². The van der Waals surface area contributed by atoms with Gasteiger partial charge in [-0.15, -0.1) is 16.4 Å². The minimum atomic E-state index is -0.104. The molecular formula is C20H18N6O2S2. The summed E-state index contributed by atoms with van der Waals surface area (Å²) in [6.45, 7) is 0. The summed E-state index contributed by atoms with van der Waals surface area (Å²) in [5.41, 5.74) is 2.61. The first-order valence-electron chi connectivity index (χ1n) is 9.09. The van der Waals surface area contributed by atoms with Crippen LogP contribution in [0.5, 0.6) is 5.75 Å². The fraction of sp³-hybridized carbons (Fsp3) is 0.150. The van der Waals surface area contributed by atoms with E-state index in [1.807, 2.05) is 60.0 Å². The van der Waals surface area contributed by atoms with Gasteiger partial charge in [0.25, 0.3) is 0 Å². The number of rotatable bonds is 8. The summed E-state index contributed by atoms with van der Waals surface area (Å²) in [7, 11) is 1.63. The van der Waals surface area contributed by atoms with Crippen LogP contribution in [0.4, 0.5) is 5.13 Å². The van der Waals surface area contributed by atoms with Gasteiger partial charge in [0.15, 0.2) is 5.13 Å². The van der Waals surface area contributed by atoms with Gasteiger partial charge in [0.05, 0.1) is 18.5 Å². The van der Waals surface area contributed by atoms with Crippen molar-refractivity contribution in [3.63, 3.8) is 0 Å². The zero-order chi connectivity index (χ0) is 20.8. The highest BCUT2D eigenvalue weighted by molar-refractivity contribution is 7.99. The first-order chi connectivity index (χ1) is 14.7. The molecule has 0 atom stereocenters. The Morgan fingerprint density at radius 3 is 2.90 bits per heavy atom. The molecule has 2 aromatic heterocycles. The molecular weight excluding hydrogens is 420 g/mol. The molecule has 4 aromatic rings. The molecule has 0 aliphatic heterocycles. The lowest BCUT2D eigenvalue weighted by atomic mass is 10.2. The molecule has 0 aliphatic rings. The summed E-state index contributed by atoms with van der Waals surface area (Å²) in [6.07, 6.45) is 0.320. The number of thioether (sulfide) groups is 1. The highest BCUT2D eigenvalue weighted by atomic mass is 32.2. The molecule has 152 valence electrons. The lowest BCUT2D eigenvalue weighted by Gasteiger charge is -2.04. The van der Waals surface area contributed by atoms with Gasteiger partial charge in [-0.3, -0.25) is 4.79 Å². The second kappa shape index (κ2) is 9.51. The van der Waals surface area contributed by atoms with Gasteiger partial charge in [-0.1, -0.05) is 42.1 Å². The molecule has 8 nitrogen and oxygen atoms in total. The third-order valence-electron chi connectivity index (χ3n) is 4.12. The normalized spacial score (nSPS) is 10.7. The monoisotopic (exact) mass is 438 g/mol. The Bertz CT molecular complexity index is 1130. The average molecular weight is 439 g/mol. The summed E-state index contributed by atoms with van der Waals surface area (Å²) < 4.78 is 6.90. The number of nitrogens with zero attached hydrogens (tertiary/aromatic N) is 5. The van der Waals surface area contributed by atoms with Gasteiger partial charge >= 0.3 is 0 Å². The van der Waals surface area contributed by atoms with E-state index < -0.39 is 0 Å². The molecule has 0 spiro atoms. The highest BCUT2D eigenvalue weighted by Gasteiger charge is 2.12.